The maximum atomic E-state index is 13.2. The van der Waals surface area contributed by atoms with Crippen LogP contribution in [0.4, 0.5) is 15.8 Å². The summed E-state index contributed by atoms with van der Waals surface area (Å²) < 4.78 is 13.2. The summed E-state index contributed by atoms with van der Waals surface area (Å²) in [7, 11) is 1.95. The molecular formula is C20H17ClFN3O. The van der Waals surface area contributed by atoms with Crippen LogP contribution in [0.3, 0.4) is 0 Å². The largest absolute Gasteiger partial charge is 0.370 e. The number of anilines is 2. The zero-order valence-corrected chi connectivity index (χ0v) is 14.9. The Kier molecular flexibility index (Phi) is 5.49. The SMILES string of the molecule is CN(Cc1ccccc1)c1ccnc(C(=O)Nc2ccc(F)c(Cl)c2)c1. The molecule has 0 saturated heterocycles. The number of aromatic nitrogens is 1. The van der Waals surface area contributed by atoms with Crippen molar-refractivity contribution >= 4 is 28.9 Å². The molecule has 1 amide bonds. The van der Waals surface area contributed by atoms with Gasteiger partial charge in [-0.05, 0) is 35.9 Å². The monoisotopic (exact) mass is 369 g/mol. The molecule has 0 bridgehead atoms. The van der Waals surface area contributed by atoms with Crippen molar-refractivity contribution in [1.82, 2.24) is 4.98 Å². The number of nitrogens with zero attached hydrogens (tertiary/aromatic N) is 2. The van der Waals surface area contributed by atoms with Gasteiger partial charge in [0.15, 0.2) is 0 Å². The lowest BCUT2D eigenvalue weighted by Crippen LogP contribution is -2.18. The lowest BCUT2D eigenvalue weighted by atomic mass is 10.2. The first-order valence-electron chi connectivity index (χ1n) is 8.00. The van der Waals surface area contributed by atoms with E-state index in [0.717, 1.165) is 5.69 Å². The van der Waals surface area contributed by atoms with Crippen LogP contribution >= 0.6 is 11.6 Å². The molecule has 26 heavy (non-hydrogen) atoms. The molecule has 2 aromatic carbocycles. The number of carbonyl (C=O) groups excluding carboxylic acids is 1. The molecule has 0 aliphatic heterocycles. The molecule has 3 rings (SSSR count). The Morgan fingerprint density at radius 1 is 1.15 bits per heavy atom. The zero-order valence-electron chi connectivity index (χ0n) is 14.1. The average molecular weight is 370 g/mol. The number of pyridine rings is 1. The van der Waals surface area contributed by atoms with E-state index < -0.39 is 5.82 Å². The Balaban J connectivity index is 1.73. The van der Waals surface area contributed by atoms with Gasteiger partial charge < -0.3 is 10.2 Å². The van der Waals surface area contributed by atoms with E-state index in [1.807, 2.05) is 48.3 Å². The van der Waals surface area contributed by atoms with Gasteiger partial charge in [0, 0.05) is 31.2 Å². The van der Waals surface area contributed by atoms with Gasteiger partial charge >= 0.3 is 0 Å². The van der Waals surface area contributed by atoms with E-state index in [4.69, 9.17) is 11.6 Å². The molecule has 0 saturated carbocycles. The quantitative estimate of drug-likeness (QED) is 0.705. The lowest BCUT2D eigenvalue weighted by Gasteiger charge is -2.19. The van der Waals surface area contributed by atoms with Crippen molar-refractivity contribution in [3.05, 3.63) is 89.0 Å². The Bertz CT molecular complexity index is 918. The fourth-order valence-electron chi connectivity index (χ4n) is 2.50. The van der Waals surface area contributed by atoms with Crippen LogP contribution in [0.5, 0.6) is 0 Å². The van der Waals surface area contributed by atoms with Gasteiger partial charge in [-0.15, -0.1) is 0 Å². The topological polar surface area (TPSA) is 45.2 Å². The second-order valence-corrected chi connectivity index (χ2v) is 6.23. The highest BCUT2D eigenvalue weighted by atomic mass is 35.5. The first-order valence-corrected chi connectivity index (χ1v) is 8.38. The number of rotatable bonds is 5. The van der Waals surface area contributed by atoms with Gasteiger partial charge in [-0.25, -0.2) is 4.39 Å². The van der Waals surface area contributed by atoms with E-state index >= 15 is 0 Å². The van der Waals surface area contributed by atoms with Crippen LogP contribution in [-0.4, -0.2) is 17.9 Å². The minimum atomic E-state index is -0.535. The standard InChI is InChI=1S/C20H17ClFN3O/c1-25(13-14-5-3-2-4-6-14)16-9-10-23-19(12-16)20(26)24-15-7-8-18(22)17(21)11-15/h2-12H,13H2,1H3,(H,24,26). The van der Waals surface area contributed by atoms with Crippen LogP contribution in [0.1, 0.15) is 16.1 Å². The second kappa shape index (κ2) is 7.97. The van der Waals surface area contributed by atoms with Crippen LogP contribution in [0.25, 0.3) is 0 Å². The number of carbonyl (C=O) groups is 1. The summed E-state index contributed by atoms with van der Waals surface area (Å²) in [6, 6.07) is 17.6. The summed E-state index contributed by atoms with van der Waals surface area (Å²) in [6.45, 7) is 0.708. The summed E-state index contributed by atoms with van der Waals surface area (Å²) in [5.41, 5.74) is 2.71. The van der Waals surface area contributed by atoms with Crippen LogP contribution in [-0.2, 0) is 6.54 Å². The third-order valence-corrected chi connectivity index (χ3v) is 4.15. The molecule has 132 valence electrons. The molecule has 1 aromatic heterocycles. The Labute approximate surface area is 156 Å². The Morgan fingerprint density at radius 3 is 2.65 bits per heavy atom. The molecule has 0 aliphatic carbocycles. The number of amides is 1. The molecule has 0 unspecified atom stereocenters. The van der Waals surface area contributed by atoms with E-state index in [-0.39, 0.29) is 16.6 Å². The first-order chi connectivity index (χ1) is 12.5. The molecule has 0 radical (unpaired) electrons. The van der Waals surface area contributed by atoms with Gasteiger partial charge in [0.05, 0.1) is 5.02 Å². The highest BCUT2D eigenvalue weighted by Gasteiger charge is 2.11. The van der Waals surface area contributed by atoms with E-state index in [0.29, 0.717) is 12.2 Å². The highest BCUT2D eigenvalue weighted by Crippen LogP contribution is 2.21. The van der Waals surface area contributed by atoms with Crippen molar-refractivity contribution in [3.8, 4) is 0 Å². The molecule has 1 N–H and O–H groups in total. The number of hydrogen-bond donors (Lipinski definition) is 1. The van der Waals surface area contributed by atoms with Gasteiger partial charge in [0.1, 0.15) is 11.5 Å². The molecule has 0 atom stereocenters. The summed E-state index contributed by atoms with van der Waals surface area (Å²) in [4.78, 5) is 18.6. The lowest BCUT2D eigenvalue weighted by molar-refractivity contribution is 0.102. The third kappa shape index (κ3) is 4.37. The smallest absolute Gasteiger partial charge is 0.274 e. The van der Waals surface area contributed by atoms with Crippen LogP contribution in [0.2, 0.25) is 5.02 Å². The predicted octanol–water partition coefficient (Wildman–Crippen LogP) is 4.76. The van der Waals surface area contributed by atoms with Crippen LogP contribution in [0.15, 0.2) is 66.9 Å². The molecule has 6 heteroatoms. The minimum Gasteiger partial charge on any atom is -0.370 e. The van der Waals surface area contributed by atoms with E-state index in [1.165, 1.54) is 23.8 Å². The van der Waals surface area contributed by atoms with Gasteiger partial charge in [-0.3, -0.25) is 9.78 Å². The van der Waals surface area contributed by atoms with Crippen molar-refractivity contribution < 1.29 is 9.18 Å². The van der Waals surface area contributed by atoms with Crippen molar-refractivity contribution in [3.63, 3.8) is 0 Å². The number of hydrogen-bond acceptors (Lipinski definition) is 3. The fraction of sp³-hybridized carbons (Fsp3) is 0.100. The van der Waals surface area contributed by atoms with Crippen molar-refractivity contribution in [1.29, 1.82) is 0 Å². The number of benzene rings is 2. The molecule has 3 aromatic rings. The van der Waals surface area contributed by atoms with Gasteiger partial charge in [0.2, 0.25) is 0 Å². The van der Waals surface area contributed by atoms with Gasteiger partial charge in [0.25, 0.3) is 5.91 Å². The predicted molar refractivity (Wildman–Crippen MR) is 102 cm³/mol. The molecule has 1 heterocycles. The normalized spacial score (nSPS) is 10.4. The van der Waals surface area contributed by atoms with Crippen molar-refractivity contribution in [2.24, 2.45) is 0 Å². The maximum absolute atomic E-state index is 13.2. The Hall–Kier alpha value is -2.92. The van der Waals surface area contributed by atoms with Crippen LogP contribution < -0.4 is 10.2 Å². The second-order valence-electron chi connectivity index (χ2n) is 5.82. The van der Waals surface area contributed by atoms with Crippen molar-refractivity contribution in [2.75, 3.05) is 17.3 Å². The molecule has 0 aliphatic rings. The van der Waals surface area contributed by atoms with Crippen LogP contribution in [0, 0.1) is 5.82 Å². The minimum absolute atomic E-state index is 0.0490. The number of nitrogens with one attached hydrogen (secondary N) is 1. The van der Waals surface area contributed by atoms with Gasteiger partial charge in [-0.1, -0.05) is 41.9 Å². The highest BCUT2D eigenvalue weighted by molar-refractivity contribution is 6.31. The third-order valence-electron chi connectivity index (χ3n) is 3.86. The zero-order chi connectivity index (χ0) is 18.5. The molecule has 0 fully saturated rings. The first kappa shape index (κ1) is 17.9. The van der Waals surface area contributed by atoms with E-state index in [2.05, 4.69) is 10.3 Å². The summed E-state index contributed by atoms with van der Waals surface area (Å²) in [6.07, 6.45) is 1.59. The maximum Gasteiger partial charge on any atom is 0.274 e. The summed E-state index contributed by atoms with van der Waals surface area (Å²) in [5.74, 6) is -0.921. The molecule has 4 nitrogen and oxygen atoms in total. The van der Waals surface area contributed by atoms with Crippen molar-refractivity contribution in [2.45, 2.75) is 6.54 Å². The molecular weight excluding hydrogens is 353 g/mol. The summed E-state index contributed by atoms with van der Waals surface area (Å²) in [5, 5.41) is 2.62. The fourth-order valence-corrected chi connectivity index (χ4v) is 2.68. The Morgan fingerprint density at radius 2 is 1.92 bits per heavy atom. The molecule has 0 spiro atoms. The van der Waals surface area contributed by atoms with E-state index in [9.17, 15) is 9.18 Å². The number of halogens is 2. The summed E-state index contributed by atoms with van der Waals surface area (Å²) >= 11 is 5.74. The van der Waals surface area contributed by atoms with Gasteiger partial charge in [-0.2, -0.15) is 0 Å². The van der Waals surface area contributed by atoms with E-state index in [1.54, 1.807) is 12.3 Å². The average Bonchev–Trinajstić information content (AvgIpc) is 2.65.